The van der Waals surface area contributed by atoms with E-state index < -0.39 is 33.1 Å². The van der Waals surface area contributed by atoms with Crippen molar-refractivity contribution in [3.8, 4) is 0 Å². The zero-order valence-electron chi connectivity index (χ0n) is 20.3. The highest BCUT2D eigenvalue weighted by molar-refractivity contribution is 7.92. The van der Waals surface area contributed by atoms with Crippen LogP contribution in [0.5, 0.6) is 0 Å². The summed E-state index contributed by atoms with van der Waals surface area (Å²) >= 11 is 0. The van der Waals surface area contributed by atoms with Crippen molar-refractivity contribution in [2.45, 2.75) is 37.5 Å². The molecular weight excluding hydrogens is 480 g/mol. The molecule has 3 aromatic rings. The lowest BCUT2D eigenvalue weighted by molar-refractivity contribution is -0.384. The molecule has 0 aromatic heterocycles. The molecule has 10 heteroatoms. The zero-order valence-corrected chi connectivity index (χ0v) is 21.1. The van der Waals surface area contributed by atoms with E-state index in [0.29, 0.717) is 12.1 Å². The second kappa shape index (κ2) is 11.1. The van der Waals surface area contributed by atoms with E-state index in [1.54, 1.807) is 13.0 Å². The molecule has 0 aliphatic heterocycles. The highest BCUT2D eigenvalue weighted by Gasteiger charge is 2.32. The Hall–Kier alpha value is -4.05. The van der Waals surface area contributed by atoms with Crippen molar-refractivity contribution in [2.75, 3.05) is 10.8 Å². The van der Waals surface area contributed by atoms with Gasteiger partial charge in [-0.15, -0.1) is 0 Å². The highest BCUT2D eigenvalue weighted by atomic mass is 32.2. The van der Waals surface area contributed by atoms with E-state index >= 15 is 0 Å². The molecule has 3 rings (SSSR count). The predicted octanol–water partition coefficient (Wildman–Crippen LogP) is 4.65. The van der Waals surface area contributed by atoms with Crippen LogP contribution < -0.4 is 9.73 Å². The summed E-state index contributed by atoms with van der Waals surface area (Å²) in [4.78, 5) is 23.7. The summed E-state index contributed by atoms with van der Waals surface area (Å²) in [5, 5.41) is 15.8. The molecule has 0 fully saturated rings. The summed E-state index contributed by atoms with van der Waals surface area (Å²) in [5.74, 6) is -0.732. The Balaban J connectivity index is 1.86. The third-order valence-electron chi connectivity index (χ3n) is 5.59. The van der Waals surface area contributed by atoms with E-state index in [4.69, 9.17) is 0 Å². The Kier molecular flexibility index (Phi) is 8.21. The number of hydrogen-bond donors (Lipinski definition) is 1. The first-order valence-electron chi connectivity index (χ1n) is 11.2. The van der Waals surface area contributed by atoms with E-state index in [1.807, 2.05) is 30.3 Å². The molecule has 0 aliphatic carbocycles. The molecular formula is C26H28N4O5S. The summed E-state index contributed by atoms with van der Waals surface area (Å²) in [6, 6.07) is 22.7. The van der Waals surface area contributed by atoms with Crippen LogP contribution in [-0.2, 0) is 20.2 Å². The molecule has 9 nitrogen and oxygen atoms in total. The van der Waals surface area contributed by atoms with Crippen molar-refractivity contribution in [2.24, 2.45) is 5.10 Å². The minimum atomic E-state index is -4.29. The number of carbonyl (C=O) groups excluding carboxylic acids is 1. The fourth-order valence-electron chi connectivity index (χ4n) is 3.84. The van der Waals surface area contributed by atoms with Crippen LogP contribution >= 0.6 is 0 Å². The van der Waals surface area contributed by atoms with Gasteiger partial charge in [-0.05, 0) is 42.5 Å². The van der Waals surface area contributed by atoms with Crippen LogP contribution in [-0.4, -0.2) is 31.5 Å². The summed E-state index contributed by atoms with van der Waals surface area (Å²) in [5.41, 5.74) is 3.26. The summed E-state index contributed by atoms with van der Waals surface area (Å²) in [7, 11) is -4.29. The first-order chi connectivity index (χ1) is 17.0. The molecule has 0 radical (unpaired) electrons. The average molecular weight is 509 g/mol. The van der Waals surface area contributed by atoms with Crippen LogP contribution in [0.15, 0.2) is 94.9 Å². The Morgan fingerprint density at radius 3 is 2.14 bits per heavy atom. The van der Waals surface area contributed by atoms with Gasteiger partial charge in [0.2, 0.25) is 0 Å². The fraction of sp³-hybridized carbons (Fsp3) is 0.231. The van der Waals surface area contributed by atoms with Gasteiger partial charge in [-0.1, -0.05) is 74.5 Å². The number of rotatable bonds is 10. The number of nitrogens with zero attached hydrogens (tertiary/aromatic N) is 3. The van der Waals surface area contributed by atoms with Gasteiger partial charge in [-0.3, -0.25) is 14.9 Å². The number of nitro groups is 1. The third-order valence-corrected chi connectivity index (χ3v) is 7.36. The van der Waals surface area contributed by atoms with Crippen molar-refractivity contribution in [1.82, 2.24) is 5.43 Å². The molecule has 0 heterocycles. The van der Waals surface area contributed by atoms with Gasteiger partial charge in [-0.25, -0.2) is 18.1 Å². The van der Waals surface area contributed by atoms with Crippen molar-refractivity contribution in [1.29, 1.82) is 0 Å². The van der Waals surface area contributed by atoms with E-state index in [0.717, 1.165) is 9.87 Å². The Morgan fingerprint density at radius 2 is 1.53 bits per heavy atom. The van der Waals surface area contributed by atoms with Gasteiger partial charge in [0.05, 0.1) is 9.82 Å². The lowest BCUT2D eigenvalue weighted by Crippen LogP contribution is -2.40. The van der Waals surface area contributed by atoms with E-state index in [9.17, 15) is 23.3 Å². The molecule has 0 spiro atoms. The number of benzene rings is 3. The first-order valence-corrected chi connectivity index (χ1v) is 12.6. The maximum atomic E-state index is 13.4. The predicted molar refractivity (Wildman–Crippen MR) is 139 cm³/mol. The van der Waals surface area contributed by atoms with Crippen LogP contribution in [0.2, 0.25) is 0 Å². The smallest absolute Gasteiger partial charge is 0.271 e. The quantitative estimate of drug-likeness (QED) is 0.243. The fourth-order valence-corrected chi connectivity index (χ4v) is 5.30. The molecule has 36 heavy (non-hydrogen) atoms. The van der Waals surface area contributed by atoms with Crippen LogP contribution in [0, 0.1) is 10.1 Å². The topological polar surface area (TPSA) is 122 Å². The molecule has 0 bridgehead atoms. The lowest BCUT2D eigenvalue weighted by Gasteiger charge is -2.25. The Labute approximate surface area is 210 Å². The highest BCUT2D eigenvalue weighted by Crippen LogP contribution is 2.32. The molecule has 0 aliphatic rings. The number of hydrogen-bond acceptors (Lipinski definition) is 6. The molecule has 0 unspecified atom stereocenters. The largest absolute Gasteiger partial charge is 0.293 e. The monoisotopic (exact) mass is 508 g/mol. The standard InChI is InChI=1S/C26H28N4O5S/c1-20(18-26(2,3)21-12-6-4-7-13-21)27-28-25(31)19-29(23-16-10-11-17-24(23)30(32)33)36(34,35)22-14-8-5-9-15-22/h4-17H,18-19H2,1-3H3,(H,28,31)/b27-20-. The van der Waals surface area contributed by atoms with Gasteiger partial charge in [0, 0.05) is 11.8 Å². The van der Waals surface area contributed by atoms with Gasteiger partial charge in [0.1, 0.15) is 12.2 Å². The lowest BCUT2D eigenvalue weighted by atomic mass is 9.80. The van der Waals surface area contributed by atoms with E-state index in [2.05, 4.69) is 24.4 Å². The first kappa shape index (κ1) is 26.6. The third kappa shape index (κ3) is 6.33. The molecule has 3 aromatic carbocycles. The van der Waals surface area contributed by atoms with Gasteiger partial charge in [0.25, 0.3) is 21.6 Å². The number of para-hydroxylation sites is 2. The van der Waals surface area contributed by atoms with Crippen LogP contribution in [0.3, 0.4) is 0 Å². The van der Waals surface area contributed by atoms with Gasteiger partial charge in [-0.2, -0.15) is 5.10 Å². The van der Waals surface area contributed by atoms with Crippen molar-refractivity contribution < 1.29 is 18.1 Å². The number of nitro benzene ring substituents is 1. The molecule has 0 atom stereocenters. The summed E-state index contributed by atoms with van der Waals surface area (Å²) in [6.07, 6.45) is 0.549. The number of sulfonamides is 1. The number of nitrogens with one attached hydrogen (secondary N) is 1. The molecule has 0 saturated carbocycles. The van der Waals surface area contributed by atoms with Crippen molar-refractivity contribution in [3.05, 3.63) is 101 Å². The molecule has 1 N–H and O–H groups in total. The number of hydrazone groups is 1. The number of carbonyl (C=O) groups is 1. The van der Waals surface area contributed by atoms with Crippen LogP contribution in [0.25, 0.3) is 0 Å². The second-order valence-corrected chi connectivity index (χ2v) is 10.7. The minimum absolute atomic E-state index is 0.0970. The number of anilines is 1. The van der Waals surface area contributed by atoms with Gasteiger partial charge >= 0.3 is 0 Å². The average Bonchev–Trinajstić information content (AvgIpc) is 2.86. The van der Waals surface area contributed by atoms with Crippen LogP contribution in [0.1, 0.15) is 32.8 Å². The maximum Gasteiger partial charge on any atom is 0.293 e. The molecule has 0 saturated heterocycles. The maximum absolute atomic E-state index is 13.4. The SMILES string of the molecule is C/C(CC(C)(C)c1ccccc1)=N/NC(=O)CN(c1ccccc1[N+](=O)[O-])S(=O)(=O)c1ccccc1. The van der Waals surface area contributed by atoms with Gasteiger partial charge in [0.15, 0.2) is 0 Å². The Morgan fingerprint density at radius 1 is 0.972 bits per heavy atom. The molecule has 188 valence electrons. The van der Waals surface area contributed by atoms with Crippen molar-refractivity contribution >= 4 is 33.0 Å². The van der Waals surface area contributed by atoms with Crippen molar-refractivity contribution in [3.63, 3.8) is 0 Å². The van der Waals surface area contributed by atoms with Crippen LogP contribution in [0.4, 0.5) is 11.4 Å². The minimum Gasteiger partial charge on any atom is -0.271 e. The second-order valence-electron chi connectivity index (χ2n) is 8.88. The number of amides is 1. The normalized spacial score (nSPS) is 12.1. The summed E-state index contributed by atoms with van der Waals surface area (Å²) in [6.45, 7) is 5.20. The Bertz CT molecular complexity index is 1360. The van der Waals surface area contributed by atoms with E-state index in [1.165, 1.54) is 48.5 Å². The van der Waals surface area contributed by atoms with Gasteiger partial charge < -0.3 is 0 Å². The summed E-state index contributed by atoms with van der Waals surface area (Å²) < 4.78 is 27.6. The van der Waals surface area contributed by atoms with E-state index in [-0.39, 0.29) is 16.0 Å². The zero-order chi connectivity index (χ0) is 26.3. The molecule has 1 amide bonds.